The summed E-state index contributed by atoms with van der Waals surface area (Å²) in [5.74, 6) is -1.45. The number of carboxylic acid groups (broad SMARTS) is 1. The van der Waals surface area contributed by atoms with E-state index >= 15 is 0 Å². The summed E-state index contributed by atoms with van der Waals surface area (Å²) in [5.41, 5.74) is 1.90. The van der Waals surface area contributed by atoms with Crippen LogP contribution in [0.2, 0.25) is 0 Å². The fourth-order valence-corrected chi connectivity index (χ4v) is 5.40. The highest BCUT2D eigenvalue weighted by Crippen LogP contribution is 2.53. The van der Waals surface area contributed by atoms with Gasteiger partial charge in [0.25, 0.3) is 0 Å². The molecule has 0 spiro atoms. The molecule has 0 radical (unpaired) electrons. The Labute approximate surface area is 238 Å². The number of carbonyl (C=O) groups is 2. The van der Waals surface area contributed by atoms with Gasteiger partial charge in [-0.2, -0.15) is 0 Å². The van der Waals surface area contributed by atoms with Crippen molar-refractivity contribution < 1.29 is 29.3 Å². The fraction of sp³-hybridized carbons (Fsp3) is 0.212. The van der Waals surface area contributed by atoms with Crippen LogP contribution in [-0.4, -0.2) is 41.8 Å². The maximum absolute atomic E-state index is 13.4. The van der Waals surface area contributed by atoms with Crippen LogP contribution >= 0.6 is 0 Å². The number of nitrogens with zero attached hydrogens (tertiary/aromatic N) is 1. The van der Waals surface area contributed by atoms with Gasteiger partial charge in [0.05, 0.1) is 17.7 Å². The zero-order valence-electron chi connectivity index (χ0n) is 23.2. The Bertz CT molecular complexity index is 1600. The number of fused-ring (bicyclic) bond motifs is 1. The van der Waals surface area contributed by atoms with Crippen molar-refractivity contribution in [3.05, 3.63) is 113 Å². The first-order chi connectivity index (χ1) is 19.8. The van der Waals surface area contributed by atoms with Crippen molar-refractivity contribution in [3.63, 3.8) is 0 Å². The molecule has 1 aliphatic rings. The van der Waals surface area contributed by atoms with E-state index in [1.165, 1.54) is 18.2 Å². The minimum atomic E-state index is -1.69. The number of carbonyl (C=O) groups excluding carboxylic acids is 1. The lowest BCUT2D eigenvalue weighted by Crippen LogP contribution is -2.31. The lowest BCUT2D eigenvalue weighted by atomic mass is 9.78. The maximum atomic E-state index is 13.4. The molecule has 1 unspecified atom stereocenters. The van der Waals surface area contributed by atoms with Crippen molar-refractivity contribution >= 4 is 29.0 Å². The van der Waals surface area contributed by atoms with E-state index in [9.17, 15) is 19.8 Å². The number of cyclic esters (lactones) is 1. The number of phenols is 1. The second-order valence-electron chi connectivity index (χ2n) is 9.64. The number of hydrogen-bond acceptors (Lipinski definition) is 7. The van der Waals surface area contributed by atoms with Gasteiger partial charge < -0.3 is 29.9 Å². The number of hydrogen-bond donors (Lipinski definition) is 3. The van der Waals surface area contributed by atoms with Gasteiger partial charge in [0.15, 0.2) is 5.60 Å². The third kappa shape index (κ3) is 4.93. The van der Waals surface area contributed by atoms with Crippen molar-refractivity contribution in [1.82, 2.24) is 0 Å². The Kier molecular flexibility index (Phi) is 7.57. The quantitative estimate of drug-likeness (QED) is 0.190. The summed E-state index contributed by atoms with van der Waals surface area (Å²) in [4.78, 5) is 27.5. The molecule has 0 fully saturated rings. The van der Waals surface area contributed by atoms with E-state index in [0.717, 1.165) is 24.5 Å². The molecule has 0 amide bonds. The molecule has 0 bridgehead atoms. The predicted molar refractivity (Wildman–Crippen MR) is 158 cm³/mol. The van der Waals surface area contributed by atoms with Crippen molar-refractivity contribution in [3.8, 4) is 11.5 Å². The number of nitrogens with one attached hydrogen (secondary N) is 1. The maximum Gasteiger partial charge on any atom is 0.340 e. The Balaban J connectivity index is 1.81. The topological polar surface area (TPSA) is 108 Å². The number of aromatic hydroxyl groups is 1. The number of anilines is 3. The number of aromatic carboxylic acids is 1. The van der Waals surface area contributed by atoms with E-state index in [0.29, 0.717) is 34.7 Å². The van der Waals surface area contributed by atoms with Crippen LogP contribution < -0.4 is 15.0 Å². The smallest absolute Gasteiger partial charge is 0.340 e. The van der Waals surface area contributed by atoms with Gasteiger partial charge in [-0.05, 0) is 81.4 Å². The summed E-state index contributed by atoms with van der Waals surface area (Å²) in [6.07, 6.45) is 0. The Morgan fingerprint density at radius 2 is 1.63 bits per heavy atom. The molecule has 0 saturated heterocycles. The normalized spacial score (nSPS) is 15.6. The highest BCUT2D eigenvalue weighted by atomic mass is 16.6. The second-order valence-corrected chi connectivity index (χ2v) is 9.64. The highest BCUT2D eigenvalue weighted by molar-refractivity contribution is 5.99. The van der Waals surface area contributed by atoms with Crippen LogP contribution in [0.15, 0.2) is 84.9 Å². The standard InChI is InChI=1S/C33H32N2O6/c1-4-35(5-2)24-14-16-26(29(36)20-24)33(27-18-21(31(37)38)12-15-25(27)32(39)41-33)28-19-23(13-17-30(28)40-6-3)34-22-10-8-7-9-11-22/h7-20,34,36H,4-6H2,1-3H3,(H,37,38). The molecule has 3 N–H and O–H groups in total. The van der Waals surface area contributed by atoms with Crippen LogP contribution in [0.5, 0.6) is 11.5 Å². The molecule has 1 heterocycles. The Hall–Kier alpha value is -4.98. The number of esters is 1. The minimum absolute atomic E-state index is 0.0119. The Morgan fingerprint density at radius 1 is 0.878 bits per heavy atom. The average molecular weight is 553 g/mol. The first kappa shape index (κ1) is 27.6. The summed E-state index contributed by atoms with van der Waals surface area (Å²) in [6.45, 7) is 7.71. The van der Waals surface area contributed by atoms with Gasteiger partial charge in [-0.15, -0.1) is 0 Å². The number of para-hydroxylation sites is 1. The van der Waals surface area contributed by atoms with Gasteiger partial charge >= 0.3 is 11.9 Å². The first-order valence-corrected chi connectivity index (χ1v) is 13.6. The minimum Gasteiger partial charge on any atom is -0.507 e. The molecule has 1 aliphatic heterocycles. The molecule has 8 heteroatoms. The fourth-order valence-electron chi connectivity index (χ4n) is 5.40. The van der Waals surface area contributed by atoms with Gasteiger partial charge in [-0.3, -0.25) is 0 Å². The van der Waals surface area contributed by atoms with Gasteiger partial charge in [-0.25, -0.2) is 9.59 Å². The van der Waals surface area contributed by atoms with E-state index in [-0.39, 0.29) is 16.9 Å². The molecular weight excluding hydrogens is 520 g/mol. The van der Waals surface area contributed by atoms with Crippen molar-refractivity contribution in [2.75, 3.05) is 29.9 Å². The monoisotopic (exact) mass is 552 g/mol. The molecule has 41 heavy (non-hydrogen) atoms. The van der Waals surface area contributed by atoms with Crippen LogP contribution in [0.3, 0.4) is 0 Å². The van der Waals surface area contributed by atoms with E-state index < -0.39 is 17.5 Å². The van der Waals surface area contributed by atoms with Gasteiger partial charge in [-0.1, -0.05) is 18.2 Å². The summed E-state index contributed by atoms with van der Waals surface area (Å²) < 4.78 is 12.3. The van der Waals surface area contributed by atoms with E-state index in [1.807, 2.05) is 69.3 Å². The van der Waals surface area contributed by atoms with Crippen LogP contribution in [0.1, 0.15) is 58.2 Å². The zero-order chi connectivity index (χ0) is 29.1. The molecule has 8 nitrogen and oxygen atoms in total. The molecule has 0 aromatic heterocycles. The first-order valence-electron chi connectivity index (χ1n) is 13.6. The SMILES string of the molecule is CCOc1ccc(Nc2ccccc2)cc1C1(c2ccc(N(CC)CC)cc2O)OC(=O)c2ccc(C(=O)O)cc21. The summed E-state index contributed by atoms with van der Waals surface area (Å²) >= 11 is 0. The van der Waals surface area contributed by atoms with Crippen LogP contribution in [0.25, 0.3) is 0 Å². The number of carboxylic acids is 1. The van der Waals surface area contributed by atoms with Gasteiger partial charge in [0.1, 0.15) is 11.5 Å². The summed E-state index contributed by atoms with van der Waals surface area (Å²) in [7, 11) is 0. The molecule has 4 aromatic carbocycles. The molecule has 4 aromatic rings. The number of benzene rings is 4. The van der Waals surface area contributed by atoms with E-state index in [2.05, 4.69) is 10.2 Å². The van der Waals surface area contributed by atoms with E-state index in [4.69, 9.17) is 9.47 Å². The van der Waals surface area contributed by atoms with Gasteiger partial charge in [0, 0.05) is 52.9 Å². The van der Waals surface area contributed by atoms with Crippen molar-refractivity contribution in [2.24, 2.45) is 0 Å². The molecular formula is C33H32N2O6. The number of ether oxygens (including phenoxy) is 2. The summed E-state index contributed by atoms with van der Waals surface area (Å²) in [5, 5.41) is 24.7. The summed E-state index contributed by atoms with van der Waals surface area (Å²) in [6, 6.07) is 24.5. The van der Waals surface area contributed by atoms with Crippen LogP contribution in [0.4, 0.5) is 17.1 Å². The van der Waals surface area contributed by atoms with E-state index in [1.54, 1.807) is 18.2 Å². The highest BCUT2D eigenvalue weighted by Gasteiger charge is 2.52. The Morgan fingerprint density at radius 3 is 2.29 bits per heavy atom. The predicted octanol–water partition coefficient (Wildman–Crippen LogP) is 6.54. The number of phenolic OH excluding ortho intramolecular Hbond substituents is 1. The molecule has 5 rings (SSSR count). The van der Waals surface area contributed by atoms with Crippen LogP contribution in [0, 0.1) is 0 Å². The van der Waals surface area contributed by atoms with Crippen LogP contribution in [-0.2, 0) is 10.3 Å². The largest absolute Gasteiger partial charge is 0.507 e. The van der Waals surface area contributed by atoms with Crippen molar-refractivity contribution in [2.45, 2.75) is 26.4 Å². The third-order valence-electron chi connectivity index (χ3n) is 7.32. The molecule has 210 valence electrons. The zero-order valence-corrected chi connectivity index (χ0v) is 23.2. The number of rotatable bonds is 10. The van der Waals surface area contributed by atoms with Gasteiger partial charge in [0.2, 0.25) is 0 Å². The second kappa shape index (κ2) is 11.3. The lowest BCUT2D eigenvalue weighted by molar-refractivity contribution is 0.0238. The molecule has 0 saturated carbocycles. The van der Waals surface area contributed by atoms with Crippen molar-refractivity contribution in [1.29, 1.82) is 0 Å². The molecule has 0 aliphatic carbocycles. The lowest BCUT2D eigenvalue weighted by Gasteiger charge is -2.33. The third-order valence-corrected chi connectivity index (χ3v) is 7.32. The average Bonchev–Trinajstić information content (AvgIpc) is 3.27. The molecule has 1 atom stereocenters.